The molecule has 1 N–H and O–H groups in total. The zero-order chi connectivity index (χ0) is 11.1. The van der Waals surface area contributed by atoms with Crippen LogP contribution in [-0.2, 0) is 4.74 Å². The summed E-state index contributed by atoms with van der Waals surface area (Å²) < 4.78 is 5.30. The summed E-state index contributed by atoms with van der Waals surface area (Å²) in [7, 11) is 1.77. The van der Waals surface area contributed by atoms with Crippen molar-refractivity contribution >= 4 is 0 Å². The number of rotatable bonds is 7. The van der Waals surface area contributed by atoms with Crippen LogP contribution in [0.15, 0.2) is 0 Å². The van der Waals surface area contributed by atoms with E-state index in [4.69, 9.17) is 4.74 Å². The molecule has 0 aliphatic heterocycles. The lowest BCUT2D eigenvalue weighted by Crippen LogP contribution is -2.44. The largest absolute Gasteiger partial charge is 0.380 e. The van der Waals surface area contributed by atoms with Crippen molar-refractivity contribution in [3.8, 4) is 0 Å². The zero-order valence-electron chi connectivity index (χ0n) is 10.6. The summed E-state index contributed by atoms with van der Waals surface area (Å²) >= 11 is 0. The summed E-state index contributed by atoms with van der Waals surface area (Å²) in [6.07, 6.45) is 2.78. The lowest BCUT2D eigenvalue weighted by molar-refractivity contribution is 0.0814. The SMILES string of the molecule is CCC(CC)C(C)NC(C)C(C)OC. The molecule has 0 saturated heterocycles. The minimum atomic E-state index is 0.284. The molecule has 2 nitrogen and oxygen atoms in total. The van der Waals surface area contributed by atoms with Gasteiger partial charge in [0, 0.05) is 19.2 Å². The van der Waals surface area contributed by atoms with E-state index in [0.717, 1.165) is 5.92 Å². The van der Waals surface area contributed by atoms with Gasteiger partial charge in [-0.05, 0) is 26.7 Å². The van der Waals surface area contributed by atoms with Gasteiger partial charge in [0.25, 0.3) is 0 Å². The lowest BCUT2D eigenvalue weighted by Gasteiger charge is -2.29. The molecule has 14 heavy (non-hydrogen) atoms. The van der Waals surface area contributed by atoms with E-state index in [2.05, 4.69) is 39.9 Å². The monoisotopic (exact) mass is 201 g/mol. The maximum Gasteiger partial charge on any atom is 0.0693 e. The zero-order valence-corrected chi connectivity index (χ0v) is 10.6. The minimum Gasteiger partial charge on any atom is -0.380 e. The van der Waals surface area contributed by atoms with Gasteiger partial charge in [-0.2, -0.15) is 0 Å². The quantitative estimate of drug-likeness (QED) is 0.684. The Morgan fingerprint density at radius 3 is 1.86 bits per heavy atom. The summed E-state index contributed by atoms with van der Waals surface area (Å²) in [4.78, 5) is 0. The molecule has 2 heteroatoms. The van der Waals surface area contributed by atoms with Crippen LogP contribution < -0.4 is 5.32 Å². The molecule has 0 aliphatic rings. The maximum absolute atomic E-state index is 5.30. The highest BCUT2D eigenvalue weighted by atomic mass is 16.5. The smallest absolute Gasteiger partial charge is 0.0693 e. The number of methoxy groups -OCH3 is 1. The van der Waals surface area contributed by atoms with Crippen LogP contribution in [-0.4, -0.2) is 25.3 Å². The van der Waals surface area contributed by atoms with E-state index in [1.165, 1.54) is 12.8 Å². The Morgan fingerprint density at radius 1 is 1.00 bits per heavy atom. The first kappa shape index (κ1) is 13.9. The molecule has 3 unspecified atom stereocenters. The van der Waals surface area contributed by atoms with Gasteiger partial charge in [-0.1, -0.05) is 26.7 Å². The third-order valence-corrected chi connectivity index (χ3v) is 3.36. The predicted octanol–water partition coefficient (Wildman–Crippen LogP) is 2.82. The van der Waals surface area contributed by atoms with Crippen molar-refractivity contribution in [3.63, 3.8) is 0 Å². The predicted molar refractivity (Wildman–Crippen MR) is 62.6 cm³/mol. The number of hydrogen-bond acceptors (Lipinski definition) is 2. The van der Waals surface area contributed by atoms with Crippen LogP contribution in [0.5, 0.6) is 0 Å². The Kier molecular flexibility index (Phi) is 7.20. The van der Waals surface area contributed by atoms with Gasteiger partial charge in [0.2, 0.25) is 0 Å². The van der Waals surface area contributed by atoms with Gasteiger partial charge in [0.05, 0.1) is 6.10 Å². The summed E-state index contributed by atoms with van der Waals surface area (Å²) in [6.45, 7) is 11.1. The van der Waals surface area contributed by atoms with Crippen molar-refractivity contribution in [2.45, 2.75) is 65.6 Å². The molecule has 0 rings (SSSR count). The van der Waals surface area contributed by atoms with Crippen LogP contribution in [0.1, 0.15) is 47.5 Å². The molecule has 86 valence electrons. The molecule has 0 aromatic carbocycles. The van der Waals surface area contributed by atoms with Crippen molar-refractivity contribution in [2.24, 2.45) is 5.92 Å². The number of nitrogens with one attached hydrogen (secondary N) is 1. The topological polar surface area (TPSA) is 21.3 Å². The van der Waals surface area contributed by atoms with E-state index in [1.807, 2.05) is 0 Å². The third-order valence-electron chi connectivity index (χ3n) is 3.36. The van der Waals surface area contributed by atoms with Gasteiger partial charge in [-0.3, -0.25) is 0 Å². The summed E-state index contributed by atoms with van der Waals surface area (Å²) in [5.41, 5.74) is 0. The van der Waals surface area contributed by atoms with Gasteiger partial charge < -0.3 is 10.1 Å². The second-order valence-electron chi connectivity index (χ2n) is 4.26. The Morgan fingerprint density at radius 2 is 1.50 bits per heavy atom. The van der Waals surface area contributed by atoms with Crippen LogP contribution in [0.25, 0.3) is 0 Å². The van der Waals surface area contributed by atoms with E-state index in [0.29, 0.717) is 12.1 Å². The minimum absolute atomic E-state index is 0.284. The van der Waals surface area contributed by atoms with Crippen LogP contribution in [0.2, 0.25) is 0 Å². The van der Waals surface area contributed by atoms with E-state index in [-0.39, 0.29) is 6.10 Å². The van der Waals surface area contributed by atoms with E-state index in [9.17, 15) is 0 Å². The summed E-state index contributed by atoms with van der Waals surface area (Å²) in [6, 6.07) is 1.01. The fourth-order valence-corrected chi connectivity index (χ4v) is 1.89. The van der Waals surface area contributed by atoms with Crippen LogP contribution in [0, 0.1) is 5.92 Å². The van der Waals surface area contributed by atoms with Gasteiger partial charge in [0.15, 0.2) is 0 Å². The average molecular weight is 201 g/mol. The fourth-order valence-electron chi connectivity index (χ4n) is 1.89. The van der Waals surface area contributed by atoms with Crippen molar-refractivity contribution in [1.29, 1.82) is 0 Å². The van der Waals surface area contributed by atoms with Crippen LogP contribution in [0.3, 0.4) is 0 Å². The van der Waals surface area contributed by atoms with Gasteiger partial charge in [0.1, 0.15) is 0 Å². The molecule has 0 aromatic rings. The molecule has 0 saturated carbocycles. The molecular weight excluding hydrogens is 174 g/mol. The van der Waals surface area contributed by atoms with Gasteiger partial charge in [-0.15, -0.1) is 0 Å². The Bertz CT molecular complexity index is 134. The molecule has 0 amide bonds. The first-order chi connectivity index (χ1) is 6.56. The highest BCUT2D eigenvalue weighted by Gasteiger charge is 2.18. The highest BCUT2D eigenvalue weighted by molar-refractivity contribution is 4.76. The number of hydrogen-bond donors (Lipinski definition) is 1. The lowest BCUT2D eigenvalue weighted by atomic mass is 9.94. The van der Waals surface area contributed by atoms with Crippen molar-refractivity contribution in [2.75, 3.05) is 7.11 Å². The summed E-state index contributed by atoms with van der Waals surface area (Å²) in [5, 5.41) is 3.61. The van der Waals surface area contributed by atoms with Crippen molar-refractivity contribution in [3.05, 3.63) is 0 Å². The van der Waals surface area contributed by atoms with E-state index in [1.54, 1.807) is 7.11 Å². The number of ether oxygens (including phenoxy) is 1. The third kappa shape index (κ3) is 4.43. The molecule has 0 spiro atoms. The Balaban J connectivity index is 3.96. The fraction of sp³-hybridized carbons (Fsp3) is 1.00. The van der Waals surface area contributed by atoms with Crippen molar-refractivity contribution in [1.82, 2.24) is 5.32 Å². The van der Waals surface area contributed by atoms with E-state index < -0.39 is 0 Å². The van der Waals surface area contributed by atoms with E-state index >= 15 is 0 Å². The van der Waals surface area contributed by atoms with Gasteiger partial charge >= 0.3 is 0 Å². The molecular formula is C12H27NO. The molecule has 0 aromatic heterocycles. The normalized spacial score (nSPS) is 18.2. The molecule has 0 bridgehead atoms. The van der Waals surface area contributed by atoms with Crippen LogP contribution >= 0.6 is 0 Å². The second kappa shape index (κ2) is 7.24. The van der Waals surface area contributed by atoms with Crippen LogP contribution in [0.4, 0.5) is 0 Å². The first-order valence-electron chi connectivity index (χ1n) is 5.85. The molecule has 3 atom stereocenters. The summed E-state index contributed by atoms with van der Waals surface area (Å²) in [5.74, 6) is 0.779. The maximum atomic E-state index is 5.30. The van der Waals surface area contributed by atoms with Gasteiger partial charge in [-0.25, -0.2) is 0 Å². The standard InChI is InChI=1S/C12H27NO/c1-7-12(8-2)10(4)13-9(3)11(5)14-6/h9-13H,7-8H2,1-6H3. The average Bonchev–Trinajstić information content (AvgIpc) is 2.18. The molecule has 0 fully saturated rings. The molecule has 0 aliphatic carbocycles. The van der Waals surface area contributed by atoms with Crippen molar-refractivity contribution < 1.29 is 4.74 Å². The highest BCUT2D eigenvalue weighted by Crippen LogP contribution is 2.13. The Labute approximate surface area is 89.4 Å². The second-order valence-corrected chi connectivity index (χ2v) is 4.26. The molecule has 0 heterocycles. The molecule has 0 radical (unpaired) electrons. The Hall–Kier alpha value is -0.0800. The first-order valence-corrected chi connectivity index (χ1v) is 5.85.